The van der Waals surface area contributed by atoms with Gasteiger partial charge >= 0.3 is 0 Å². The quantitative estimate of drug-likeness (QED) is 0.676. The number of thiophene rings is 1. The first-order valence-electron chi connectivity index (χ1n) is 6.94. The molecule has 1 fully saturated rings. The summed E-state index contributed by atoms with van der Waals surface area (Å²) in [5, 5.41) is 3.08. The van der Waals surface area contributed by atoms with Gasteiger partial charge in [0.2, 0.25) is 0 Å². The summed E-state index contributed by atoms with van der Waals surface area (Å²) in [6.45, 7) is 0. The molecule has 11 heteroatoms. The van der Waals surface area contributed by atoms with Crippen molar-refractivity contribution in [1.29, 1.82) is 0 Å². The minimum absolute atomic E-state index is 0.138. The van der Waals surface area contributed by atoms with Crippen LogP contribution in [0.5, 0.6) is 0 Å². The lowest BCUT2D eigenvalue weighted by Crippen LogP contribution is -2.46. The number of hydrogen-bond donors (Lipinski definition) is 2. The number of carbonyl (C=O) groups excluding carboxylic acids is 1. The summed E-state index contributed by atoms with van der Waals surface area (Å²) in [6.07, 6.45) is 0.397. The van der Waals surface area contributed by atoms with Crippen molar-refractivity contribution in [2.24, 2.45) is 0 Å². The Balaban J connectivity index is 1.74. The van der Waals surface area contributed by atoms with E-state index < -0.39 is 20.0 Å². The zero-order chi connectivity index (χ0) is 18.2. The van der Waals surface area contributed by atoms with Crippen molar-refractivity contribution in [3.05, 3.63) is 51.3 Å². The maximum absolute atomic E-state index is 12.6. The Bertz CT molecular complexity index is 889. The third-order valence-electron chi connectivity index (χ3n) is 3.40. The Labute approximate surface area is 169 Å². The Morgan fingerprint density at radius 3 is 2.64 bits per heavy atom. The molecular weight excluding hydrogens is 443 g/mol. The SMILES string of the molecule is O=C1[C@@H](Cc2ccc(Cl)c(Cl)c2)SC(S)N1NS(=O)(=O)c1cccs1. The number of nitrogens with zero attached hydrogens (tertiary/aromatic N) is 1. The molecule has 3 rings (SSSR count). The van der Waals surface area contributed by atoms with Gasteiger partial charge in [0.05, 0.1) is 15.3 Å². The van der Waals surface area contributed by atoms with Crippen LogP contribution in [0.4, 0.5) is 0 Å². The Morgan fingerprint density at radius 1 is 1.24 bits per heavy atom. The van der Waals surface area contributed by atoms with Crippen LogP contribution in [0, 0.1) is 0 Å². The molecule has 2 heterocycles. The van der Waals surface area contributed by atoms with Crippen molar-refractivity contribution >= 4 is 74.9 Å². The number of hydrogen-bond acceptors (Lipinski definition) is 6. The number of amides is 1. The third-order valence-corrected chi connectivity index (χ3v) is 8.60. The van der Waals surface area contributed by atoms with Crippen LogP contribution in [-0.2, 0) is 21.2 Å². The van der Waals surface area contributed by atoms with E-state index in [0.29, 0.717) is 16.5 Å². The molecular formula is C14H12Cl2N2O3S4. The number of rotatable bonds is 5. The number of sulfonamides is 1. The normalized spacial score (nSPS) is 21.1. The number of benzene rings is 1. The van der Waals surface area contributed by atoms with Gasteiger partial charge in [0.15, 0.2) is 0 Å². The highest BCUT2D eigenvalue weighted by atomic mass is 35.5. The van der Waals surface area contributed by atoms with Crippen LogP contribution in [0.3, 0.4) is 0 Å². The second-order valence-corrected chi connectivity index (χ2v) is 10.9. The van der Waals surface area contributed by atoms with Gasteiger partial charge in [-0.15, -0.1) is 40.6 Å². The van der Waals surface area contributed by atoms with E-state index in [4.69, 9.17) is 23.2 Å². The van der Waals surface area contributed by atoms with Gasteiger partial charge in [0.1, 0.15) is 8.92 Å². The van der Waals surface area contributed by atoms with E-state index in [0.717, 1.165) is 21.9 Å². The fourth-order valence-electron chi connectivity index (χ4n) is 2.23. The molecule has 25 heavy (non-hydrogen) atoms. The van der Waals surface area contributed by atoms with Crippen molar-refractivity contribution in [3.8, 4) is 0 Å². The van der Waals surface area contributed by atoms with Crippen LogP contribution < -0.4 is 4.83 Å². The van der Waals surface area contributed by atoms with E-state index in [1.54, 1.807) is 29.6 Å². The third kappa shape index (κ3) is 4.29. The summed E-state index contributed by atoms with van der Waals surface area (Å²) in [7, 11) is -3.80. The molecule has 1 aliphatic rings. The van der Waals surface area contributed by atoms with Gasteiger partial charge in [0.25, 0.3) is 15.9 Å². The molecule has 1 unspecified atom stereocenters. The van der Waals surface area contributed by atoms with Crippen molar-refractivity contribution in [3.63, 3.8) is 0 Å². The number of thioether (sulfide) groups is 1. The van der Waals surface area contributed by atoms with Gasteiger partial charge in [-0.1, -0.05) is 35.3 Å². The van der Waals surface area contributed by atoms with E-state index >= 15 is 0 Å². The summed E-state index contributed by atoms with van der Waals surface area (Å²) in [4.78, 5) is 14.9. The molecule has 2 aromatic rings. The summed E-state index contributed by atoms with van der Waals surface area (Å²) in [6, 6.07) is 8.25. The minimum atomic E-state index is -3.80. The maximum atomic E-state index is 12.6. The molecule has 1 amide bonds. The largest absolute Gasteiger partial charge is 0.272 e. The Morgan fingerprint density at radius 2 is 2.00 bits per heavy atom. The number of nitrogens with one attached hydrogen (secondary N) is 1. The molecule has 0 saturated carbocycles. The zero-order valence-corrected chi connectivity index (χ0v) is 17.3. The molecule has 134 valence electrons. The molecule has 1 aliphatic heterocycles. The molecule has 1 aromatic heterocycles. The smallest absolute Gasteiger partial charge is 0.267 e. The lowest BCUT2D eigenvalue weighted by Gasteiger charge is -2.20. The van der Waals surface area contributed by atoms with Crippen LogP contribution in [0.1, 0.15) is 5.56 Å². The Kier molecular flexibility index (Phi) is 5.94. The van der Waals surface area contributed by atoms with E-state index in [9.17, 15) is 13.2 Å². The van der Waals surface area contributed by atoms with Gasteiger partial charge < -0.3 is 0 Å². The molecule has 1 saturated heterocycles. The number of halogens is 2. The average Bonchev–Trinajstić information content (AvgIpc) is 3.17. The van der Waals surface area contributed by atoms with Gasteiger partial charge in [-0.05, 0) is 35.6 Å². The Hall–Kier alpha value is -0.420. The second-order valence-electron chi connectivity index (χ2n) is 5.14. The highest BCUT2D eigenvalue weighted by Crippen LogP contribution is 2.36. The van der Waals surface area contributed by atoms with Crippen LogP contribution in [-0.4, -0.2) is 29.3 Å². The van der Waals surface area contributed by atoms with Gasteiger partial charge in [-0.2, -0.15) is 0 Å². The highest BCUT2D eigenvalue weighted by Gasteiger charge is 2.41. The van der Waals surface area contributed by atoms with Gasteiger partial charge in [-0.3, -0.25) is 4.79 Å². The van der Waals surface area contributed by atoms with Crippen LogP contribution >= 0.6 is 58.9 Å². The highest BCUT2D eigenvalue weighted by molar-refractivity contribution is 8.11. The topological polar surface area (TPSA) is 66.5 Å². The van der Waals surface area contributed by atoms with Crippen molar-refractivity contribution in [1.82, 2.24) is 9.84 Å². The number of hydrazine groups is 1. The van der Waals surface area contributed by atoms with E-state index in [2.05, 4.69) is 17.5 Å². The molecule has 0 spiro atoms. The second kappa shape index (κ2) is 7.67. The van der Waals surface area contributed by atoms with Crippen molar-refractivity contribution < 1.29 is 13.2 Å². The minimum Gasteiger partial charge on any atom is -0.272 e. The van der Waals surface area contributed by atoms with Crippen molar-refractivity contribution in [2.75, 3.05) is 0 Å². The zero-order valence-electron chi connectivity index (χ0n) is 12.4. The van der Waals surface area contributed by atoms with Gasteiger partial charge in [0, 0.05) is 0 Å². The van der Waals surface area contributed by atoms with E-state index in [-0.39, 0.29) is 10.1 Å². The van der Waals surface area contributed by atoms with Crippen LogP contribution in [0.15, 0.2) is 39.9 Å². The lowest BCUT2D eigenvalue weighted by molar-refractivity contribution is -0.130. The van der Waals surface area contributed by atoms with E-state index in [1.165, 1.54) is 17.8 Å². The molecule has 0 radical (unpaired) electrons. The fraction of sp³-hybridized carbons (Fsp3) is 0.214. The number of thiol groups is 1. The molecule has 2 atom stereocenters. The predicted molar refractivity (Wildman–Crippen MR) is 106 cm³/mol. The monoisotopic (exact) mass is 454 g/mol. The first-order chi connectivity index (χ1) is 11.8. The number of carbonyl (C=O) groups is 1. The summed E-state index contributed by atoms with van der Waals surface area (Å²) in [5.74, 6) is -0.351. The fourth-order valence-corrected chi connectivity index (χ4v) is 6.43. The molecule has 1 N–H and O–H groups in total. The predicted octanol–water partition coefficient (Wildman–Crippen LogP) is 3.65. The lowest BCUT2D eigenvalue weighted by atomic mass is 10.1. The average molecular weight is 455 g/mol. The summed E-state index contributed by atoms with van der Waals surface area (Å²) >= 11 is 18.5. The molecule has 5 nitrogen and oxygen atoms in total. The molecule has 0 bridgehead atoms. The van der Waals surface area contributed by atoms with Crippen LogP contribution in [0.2, 0.25) is 10.0 Å². The maximum Gasteiger partial charge on any atom is 0.267 e. The summed E-state index contributed by atoms with van der Waals surface area (Å²) in [5.41, 5.74) is 0.837. The van der Waals surface area contributed by atoms with Crippen LogP contribution in [0.25, 0.3) is 0 Å². The van der Waals surface area contributed by atoms with E-state index in [1.807, 2.05) is 0 Å². The standard InChI is InChI=1S/C14H12Cl2N2O3S4/c15-9-4-3-8(6-10(9)16)7-11-13(19)18(14(22)24-11)17-25(20,21)12-2-1-5-23-12/h1-6,11,14,17,22H,7H2/t11-,14?/m1/s1. The first-order valence-corrected chi connectivity index (χ1v) is 11.5. The summed E-state index contributed by atoms with van der Waals surface area (Å²) < 4.78 is 24.2. The molecule has 0 aliphatic carbocycles. The van der Waals surface area contributed by atoms with Crippen molar-refractivity contribution in [2.45, 2.75) is 20.6 Å². The molecule has 1 aromatic carbocycles. The van der Waals surface area contributed by atoms with Gasteiger partial charge in [-0.25, -0.2) is 13.4 Å². The first kappa shape index (κ1) is 19.3.